The van der Waals surface area contributed by atoms with Crippen molar-refractivity contribution in [3.8, 4) is 0 Å². The maximum absolute atomic E-state index is 12.3. The Balaban J connectivity index is 2.17. The van der Waals surface area contributed by atoms with Crippen molar-refractivity contribution in [2.45, 2.75) is 26.4 Å². The van der Waals surface area contributed by atoms with Gasteiger partial charge in [0.1, 0.15) is 6.33 Å². The highest BCUT2D eigenvalue weighted by molar-refractivity contribution is 5.76. The molecule has 0 saturated carbocycles. The number of hydrogen-bond acceptors (Lipinski definition) is 3. The summed E-state index contributed by atoms with van der Waals surface area (Å²) < 4.78 is 1.48. The molecule has 0 fully saturated rings. The normalized spacial score (nSPS) is 10.6. The SMILES string of the molecule is CC(C)N(Cc1ccccn1)C(=O)n1ccnc1. The van der Waals surface area contributed by atoms with Gasteiger partial charge in [0.05, 0.1) is 12.2 Å². The lowest BCUT2D eigenvalue weighted by molar-refractivity contribution is 0.180. The Hall–Kier alpha value is -2.17. The monoisotopic (exact) mass is 244 g/mol. The standard InChI is InChI=1S/C13H16N4O/c1-11(2)17(9-12-5-3-4-6-15-12)13(18)16-8-7-14-10-16/h3-8,10-11H,9H2,1-2H3. The number of hydrogen-bond donors (Lipinski definition) is 0. The molecule has 0 unspecified atom stereocenters. The Morgan fingerprint density at radius 2 is 2.22 bits per heavy atom. The van der Waals surface area contributed by atoms with Crippen LogP contribution in [0, 0.1) is 0 Å². The molecular formula is C13H16N4O. The fraction of sp³-hybridized carbons (Fsp3) is 0.308. The molecule has 2 rings (SSSR count). The molecule has 0 saturated heterocycles. The molecular weight excluding hydrogens is 228 g/mol. The molecule has 2 aromatic heterocycles. The van der Waals surface area contributed by atoms with Gasteiger partial charge in [0, 0.05) is 24.6 Å². The van der Waals surface area contributed by atoms with Gasteiger partial charge in [0.25, 0.3) is 0 Å². The van der Waals surface area contributed by atoms with Crippen molar-refractivity contribution < 1.29 is 4.79 Å². The molecule has 0 atom stereocenters. The predicted octanol–water partition coefficient (Wildman–Crippen LogP) is 2.16. The Morgan fingerprint density at radius 3 is 2.78 bits per heavy atom. The minimum Gasteiger partial charge on any atom is -0.316 e. The molecule has 5 nitrogen and oxygen atoms in total. The Kier molecular flexibility index (Phi) is 3.72. The highest BCUT2D eigenvalue weighted by Crippen LogP contribution is 2.08. The molecule has 5 heteroatoms. The minimum absolute atomic E-state index is 0.0897. The van der Waals surface area contributed by atoms with E-state index in [0.29, 0.717) is 6.54 Å². The van der Waals surface area contributed by atoms with E-state index in [2.05, 4.69) is 9.97 Å². The fourth-order valence-corrected chi connectivity index (χ4v) is 1.66. The Morgan fingerprint density at radius 1 is 1.39 bits per heavy atom. The highest BCUT2D eigenvalue weighted by atomic mass is 16.2. The third-order valence-corrected chi connectivity index (χ3v) is 2.65. The first-order chi connectivity index (χ1) is 8.68. The van der Waals surface area contributed by atoms with Crippen molar-refractivity contribution in [2.75, 3.05) is 0 Å². The lowest BCUT2D eigenvalue weighted by Gasteiger charge is -2.26. The lowest BCUT2D eigenvalue weighted by atomic mass is 10.3. The van der Waals surface area contributed by atoms with E-state index in [0.717, 1.165) is 5.69 Å². The van der Waals surface area contributed by atoms with E-state index in [1.165, 1.54) is 10.9 Å². The van der Waals surface area contributed by atoms with Crippen LogP contribution in [0.3, 0.4) is 0 Å². The summed E-state index contributed by atoms with van der Waals surface area (Å²) in [6.45, 7) is 4.46. The molecule has 0 aromatic carbocycles. The Labute approximate surface area is 106 Å². The average molecular weight is 244 g/mol. The molecule has 94 valence electrons. The van der Waals surface area contributed by atoms with Gasteiger partial charge < -0.3 is 4.90 Å². The quantitative estimate of drug-likeness (QED) is 0.831. The summed E-state index contributed by atoms with van der Waals surface area (Å²) in [7, 11) is 0. The molecule has 2 heterocycles. The molecule has 0 aliphatic heterocycles. The van der Waals surface area contributed by atoms with E-state index in [4.69, 9.17) is 0 Å². The van der Waals surface area contributed by atoms with Crippen molar-refractivity contribution in [1.82, 2.24) is 19.4 Å². The van der Waals surface area contributed by atoms with E-state index in [-0.39, 0.29) is 12.1 Å². The van der Waals surface area contributed by atoms with Gasteiger partial charge in [-0.25, -0.2) is 9.78 Å². The van der Waals surface area contributed by atoms with Crippen molar-refractivity contribution in [2.24, 2.45) is 0 Å². The zero-order valence-electron chi connectivity index (χ0n) is 10.5. The van der Waals surface area contributed by atoms with E-state index in [9.17, 15) is 4.79 Å². The summed E-state index contributed by atoms with van der Waals surface area (Å²) in [6, 6.07) is 5.70. The van der Waals surface area contributed by atoms with Crippen LogP contribution in [0.15, 0.2) is 43.1 Å². The number of nitrogens with zero attached hydrogens (tertiary/aromatic N) is 4. The summed E-state index contributed by atoms with van der Waals surface area (Å²) in [4.78, 5) is 22.2. The molecule has 0 bridgehead atoms. The van der Waals surface area contributed by atoms with Crippen LogP contribution in [0.2, 0.25) is 0 Å². The molecule has 0 radical (unpaired) electrons. The summed E-state index contributed by atoms with van der Waals surface area (Å²) in [5.41, 5.74) is 0.875. The van der Waals surface area contributed by atoms with E-state index in [1.54, 1.807) is 23.5 Å². The van der Waals surface area contributed by atoms with Crippen molar-refractivity contribution >= 4 is 6.03 Å². The third kappa shape index (κ3) is 2.74. The maximum atomic E-state index is 12.3. The van der Waals surface area contributed by atoms with Gasteiger partial charge in [-0.1, -0.05) is 6.07 Å². The average Bonchev–Trinajstić information content (AvgIpc) is 2.90. The van der Waals surface area contributed by atoms with Crippen LogP contribution in [0.4, 0.5) is 4.79 Å². The van der Waals surface area contributed by atoms with Crippen LogP contribution >= 0.6 is 0 Å². The van der Waals surface area contributed by atoms with Gasteiger partial charge in [-0.15, -0.1) is 0 Å². The molecule has 0 N–H and O–H groups in total. The van der Waals surface area contributed by atoms with Gasteiger partial charge in [-0.05, 0) is 26.0 Å². The predicted molar refractivity (Wildman–Crippen MR) is 67.9 cm³/mol. The maximum Gasteiger partial charge on any atom is 0.329 e. The number of carbonyl (C=O) groups is 1. The summed E-state index contributed by atoms with van der Waals surface area (Å²) in [6.07, 6.45) is 6.49. The first kappa shape index (κ1) is 12.3. The second-order valence-electron chi connectivity index (χ2n) is 4.30. The highest BCUT2D eigenvalue weighted by Gasteiger charge is 2.18. The fourth-order valence-electron chi connectivity index (χ4n) is 1.66. The van der Waals surface area contributed by atoms with E-state index in [1.807, 2.05) is 32.0 Å². The van der Waals surface area contributed by atoms with Crippen molar-refractivity contribution in [1.29, 1.82) is 0 Å². The smallest absolute Gasteiger partial charge is 0.316 e. The van der Waals surface area contributed by atoms with Crippen LogP contribution in [0.1, 0.15) is 19.5 Å². The lowest BCUT2D eigenvalue weighted by Crippen LogP contribution is -2.39. The van der Waals surface area contributed by atoms with Crippen LogP contribution < -0.4 is 0 Å². The van der Waals surface area contributed by atoms with Gasteiger partial charge in [0.15, 0.2) is 0 Å². The van der Waals surface area contributed by atoms with Crippen LogP contribution in [0.25, 0.3) is 0 Å². The molecule has 18 heavy (non-hydrogen) atoms. The number of rotatable bonds is 3. The first-order valence-corrected chi connectivity index (χ1v) is 5.87. The Bertz CT molecular complexity index is 493. The zero-order chi connectivity index (χ0) is 13.0. The van der Waals surface area contributed by atoms with Crippen LogP contribution in [0.5, 0.6) is 0 Å². The molecule has 2 aromatic rings. The van der Waals surface area contributed by atoms with E-state index >= 15 is 0 Å². The number of aromatic nitrogens is 3. The first-order valence-electron chi connectivity index (χ1n) is 5.87. The zero-order valence-corrected chi connectivity index (χ0v) is 10.5. The summed E-state index contributed by atoms with van der Waals surface area (Å²) >= 11 is 0. The largest absolute Gasteiger partial charge is 0.329 e. The number of pyridine rings is 1. The minimum atomic E-state index is -0.0897. The van der Waals surface area contributed by atoms with Crippen LogP contribution in [-0.2, 0) is 6.54 Å². The van der Waals surface area contributed by atoms with Crippen LogP contribution in [-0.4, -0.2) is 31.5 Å². The summed E-state index contributed by atoms with van der Waals surface area (Å²) in [5, 5.41) is 0. The summed E-state index contributed by atoms with van der Waals surface area (Å²) in [5.74, 6) is 0. The number of amides is 1. The second-order valence-corrected chi connectivity index (χ2v) is 4.30. The van der Waals surface area contributed by atoms with Gasteiger partial charge >= 0.3 is 6.03 Å². The topological polar surface area (TPSA) is 51.0 Å². The molecule has 1 amide bonds. The van der Waals surface area contributed by atoms with E-state index < -0.39 is 0 Å². The van der Waals surface area contributed by atoms with Crippen molar-refractivity contribution in [3.05, 3.63) is 48.8 Å². The van der Waals surface area contributed by atoms with Crippen molar-refractivity contribution in [3.63, 3.8) is 0 Å². The molecule has 0 aliphatic carbocycles. The third-order valence-electron chi connectivity index (χ3n) is 2.65. The van der Waals surface area contributed by atoms with Gasteiger partial charge in [-0.2, -0.15) is 0 Å². The number of carbonyl (C=O) groups excluding carboxylic acids is 1. The number of imidazole rings is 1. The molecule has 0 spiro atoms. The van der Waals surface area contributed by atoms with Gasteiger partial charge in [0.2, 0.25) is 0 Å². The van der Waals surface area contributed by atoms with Gasteiger partial charge in [-0.3, -0.25) is 9.55 Å². The second kappa shape index (κ2) is 5.44. The molecule has 0 aliphatic rings.